The first-order valence-electron chi connectivity index (χ1n) is 8.57. The van der Waals surface area contributed by atoms with Gasteiger partial charge in [-0.25, -0.2) is 8.42 Å². The van der Waals surface area contributed by atoms with Crippen LogP contribution in [0.2, 0.25) is 0 Å². The minimum atomic E-state index is -3.48. The van der Waals surface area contributed by atoms with Gasteiger partial charge >= 0.3 is 0 Å². The molecule has 1 fully saturated rings. The quantitative estimate of drug-likeness (QED) is 0.842. The molecule has 4 rings (SSSR count). The molecule has 0 unspecified atom stereocenters. The van der Waals surface area contributed by atoms with Crippen molar-refractivity contribution in [2.45, 2.75) is 24.2 Å². The highest BCUT2D eigenvalue weighted by atomic mass is 32.2. The van der Waals surface area contributed by atoms with E-state index in [0.717, 1.165) is 19.3 Å². The Kier molecular flexibility index (Phi) is 4.39. The first-order chi connectivity index (χ1) is 12.1. The molecule has 6 heteroatoms. The second kappa shape index (κ2) is 6.69. The fourth-order valence-corrected chi connectivity index (χ4v) is 4.97. The van der Waals surface area contributed by atoms with Crippen molar-refractivity contribution in [1.82, 2.24) is 4.31 Å². The van der Waals surface area contributed by atoms with Gasteiger partial charge in [0.05, 0.1) is 4.90 Å². The molecule has 2 aromatic rings. The summed E-state index contributed by atoms with van der Waals surface area (Å²) in [5, 5.41) is 0. The zero-order valence-electron chi connectivity index (χ0n) is 13.9. The highest BCUT2D eigenvalue weighted by molar-refractivity contribution is 7.89. The fraction of sp³-hybridized carbons (Fsp3) is 0.368. The lowest BCUT2D eigenvalue weighted by Gasteiger charge is -2.31. The Morgan fingerprint density at radius 1 is 0.960 bits per heavy atom. The average Bonchev–Trinajstić information content (AvgIpc) is 3.11. The van der Waals surface area contributed by atoms with E-state index in [4.69, 9.17) is 9.47 Å². The maximum Gasteiger partial charge on any atom is 0.243 e. The van der Waals surface area contributed by atoms with Gasteiger partial charge in [0.25, 0.3) is 0 Å². The lowest BCUT2D eigenvalue weighted by Crippen LogP contribution is -2.38. The molecule has 25 heavy (non-hydrogen) atoms. The monoisotopic (exact) mass is 359 g/mol. The second-order valence-corrected chi connectivity index (χ2v) is 8.49. The maximum absolute atomic E-state index is 12.9. The Bertz CT molecular complexity index is 843. The number of piperidine rings is 1. The smallest absolute Gasteiger partial charge is 0.243 e. The van der Waals surface area contributed by atoms with Crippen LogP contribution in [0.4, 0.5) is 0 Å². The third-order valence-corrected chi connectivity index (χ3v) is 6.82. The molecule has 0 radical (unpaired) electrons. The van der Waals surface area contributed by atoms with Gasteiger partial charge in [-0.3, -0.25) is 0 Å². The van der Waals surface area contributed by atoms with Gasteiger partial charge in [-0.15, -0.1) is 0 Å². The Morgan fingerprint density at radius 3 is 2.44 bits per heavy atom. The Balaban J connectivity index is 1.43. The summed E-state index contributed by atoms with van der Waals surface area (Å²) in [7, 11) is -3.48. The van der Waals surface area contributed by atoms with E-state index in [1.165, 1.54) is 5.56 Å². The number of fused-ring (bicyclic) bond motifs is 1. The summed E-state index contributed by atoms with van der Waals surface area (Å²) >= 11 is 0. The molecule has 2 heterocycles. The zero-order chi connectivity index (χ0) is 17.3. The van der Waals surface area contributed by atoms with Crippen molar-refractivity contribution in [2.24, 2.45) is 5.92 Å². The summed E-state index contributed by atoms with van der Waals surface area (Å²) in [6, 6.07) is 15.2. The lowest BCUT2D eigenvalue weighted by molar-refractivity contribution is 0.174. The van der Waals surface area contributed by atoms with Crippen molar-refractivity contribution >= 4 is 10.0 Å². The summed E-state index contributed by atoms with van der Waals surface area (Å²) in [5.74, 6) is 1.63. The van der Waals surface area contributed by atoms with Gasteiger partial charge in [0.2, 0.25) is 16.8 Å². The van der Waals surface area contributed by atoms with Gasteiger partial charge in [0.15, 0.2) is 11.5 Å². The molecule has 1 saturated heterocycles. The van der Waals surface area contributed by atoms with Crippen molar-refractivity contribution < 1.29 is 17.9 Å². The topological polar surface area (TPSA) is 55.8 Å². The third-order valence-electron chi connectivity index (χ3n) is 4.92. The number of hydrogen-bond donors (Lipinski definition) is 0. The Morgan fingerprint density at radius 2 is 1.68 bits per heavy atom. The standard InChI is InChI=1S/C19H21NO4S/c21-25(22,17-6-7-18-19(13-17)24-14-23-18)20-10-8-16(9-11-20)12-15-4-2-1-3-5-15/h1-7,13,16H,8-12,14H2. The molecule has 5 nitrogen and oxygen atoms in total. The minimum Gasteiger partial charge on any atom is -0.454 e. The predicted octanol–water partition coefficient (Wildman–Crippen LogP) is 3.06. The summed E-state index contributed by atoms with van der Waals surface area (Å²) < 4.78 is 37.9. The van der Waals surface area contributed by atoms with Gasteiger partial charge < -0.3 is 9.47 Å². The van der Waals surface area contributed by atoms with Crippen molar-refractivity contribution in [3.63, 3.8) is 0 Å². The van der Waals surface area contributed by atoms with E-state index in [9.17, 15) is 8.42 Å². The third kappa shape index (κ3) is 3.37. The summed E-state index contributed by atoms with van der Waals surface area (Å²) in [4.78, 5) is 0.276. The number of benzene rings is 2. The molecule has 132 valence electrons. The second-order valence-electron chi connectivity index (χ2n) is 6.55. The molecule has 0 spiro atoms. The van der Waals surface area contributed by atoms with Crippen LogP contribution in [0.25, 0.3) is 0 Å². The normalized spacial score (nSPS) is 18.4. The van der Waals surface area contributed by atoms with Crippen LogP contribution in [0.5, 0.6) is 11.5 Å². The lowest BCUT2D eigenvalue weighted by atomic mass is 9.91. The maximum atomic E-state index is 12.9. The van der Waals surface area contributed by atoms with Crippen molar-refractivity contribution in [3.05, 3.63) is 54.1 Å². The fourth-order valence-electron chi connectivity index (χ4n) is 3.49. The zero-order valence-corrected chi connectivity index (χ0v) is 14.7. The molecule has 0 saturated carbocycles. The molecule has 0 amide bonds. The summed E-state index contributed by atoms with van der Waals surface area (Å²) in [6.45, 7) is 1.27. The van der Waals surface area contributed by atoms with Crippen LogP contribution < -0.4 is 9.47 Å². The van der Waals surface area contributed by atoms with E-state index in [1.807, 2.05) is 6.07 Å². The van der Waals surface area contributed by atoms with Gasteiger partial charge in [-0.1, -0.05) is 30.3 Å². The van der Waals surface area contributed by atoms with Crippen molar-refractivity contribution in [2.75, 3.05) is 19.9 Å². The predicted molar refractivity (Wildman–Crippen MR) is 94.2 cm³/mol. The number of sulfonamides is 1. The average molecular weight is 359 g/mol. The largest absolute Gasteiger partial charge is 0.454 e. The van der Waals surface area contributed by atoms with Crippen LogP contribution in [-0.4, -0.2) is 32.6 Å². The van der Waals surface area contributed by atoms with Crippen molar-refractivity contribution in [1.29, 1.82) is 0 Å². The van der Waals surface area contributed by atoms with Crippen LogP contribution >= 0.6 is 0 Å². The number of hydrogen-bond acceptors (Lipinski definition) is 4. The van der Waals surface area contributed by atoms with Gasteiger partial charge in [0.1, 0.15) is 0 Å². The first-order valence-corrected chi connectivity index (χ1v) is 10.0. The van der Waals surface area contributed by atoms with Crippen LogP contribution in [-0.2, 0) is 16.4 Å². The van der Waals surface area contributed by atoms with Gasteiger partial charge in [0, 0.05) is 19.2 Å². The highest BCUT2D eigenvalue weighted by Gasteiger charge is 2.30. The molecule has 0 aliphatic carbocycles. The summed E-state index contributed by atoms with van der Waals surface area (Å²) in [6.07, 6.45) is 2.79. The number of ether oxygens (including phenoxy) is 2. The van der Waals surface area contributed by atoms with E-state index >= 15 is 0 Å². The molecule has 0 atom stereocenters. The SMILES string of the molecule is O=S(=O)(c1ccc2c(c1)OCO2)N1CCC(Cc2ccccc2)CC1. The minimum absolute atomic E-state index is 0.143. The van der Waals surface area contributed by atoms with Gasteiger partial charge in [-0.05, 0) is 42.9 Å². The van der Waals surface area contributed by atoms with E-state index in [0.29, 0.717) is 30.5 Å². The molecule has 0 N–H and O–H groups in total. The van der Waals surface area contributed by atoms with Crippen LogP contribution in [0.1, 0.15) is 18.4 Å². The Hall–Kier alpha value is -2.05. The van der Waals surface area contributed by atoms with Gasteiger partial charge in [-0.2, -0.15) is 4.31 Å². The van der Waals surface area contributed by atoms with Crippen molar-refractivity contribution in [3.8, 4) is 11.5 Å². The number of rotatable bonds is 4. The Labute approximate surface area is 148 Å². The van der Waals surface area contributed by atoms with E-state index in [1.54, 1.807) is 22.5 Å². The number of nitrogens with zero attached hydrogens (tertiary/aromatic N) is 1. The van der Waals surface area contributed by atoms with E-state index < -0.39 is 10.0 Å². The molecule has 2 aliphatic rings. The first kappa shape index (κ1) is 16.4. The molecule has 2 aromatic carbocycles. The van der Waals surface area contributed by atoms with Crippen LogP contribution in [0, 0.1) is 5.92 Å². The molecular formula is C19H21NO4S. The van der Waals surface area contributed by atoms with E-state index in [2.05, 4.69) is 24.3 Å². The molecular weight excluding hydrogens is 338 g/mol. The molecule has 2 aliphatic heterocycles. The highest BCUT2D eigenvalue weighted by Crippen LogP contribution is 2.35. The summed E-state index contributed by atoms with van der Waals surface area (Å²) in [5.41, 5.74) is 1.32. The van der Waals surface area contributed by atoms with Crippen LogP contribution in [0.15, 0.2) is 53.4 Å². The van der Waals surface area contributed by atoms with Crippen LogP contribution in [0.3, 0.4) is 0 Å². The molecule has 0 bridgehead atoms. The van der Waals surface area contributed by atoms with E-state index in [-0.39, 0.29) is 11.7 Å². The molecule has 0 aromatic heterocycles.